The van der Waals surface area contributed by atoms with Crippen LogP contribution in [0, 0.1) is 0 Å². The molecule has 0 aliphatic heterocycles. The van der Waals surface area contributed by atoms with E-state index in [1.54, 1.807) is 0 Å². The minimum absolute atomic E-state index is 0.249. The molecule has 0 saturated carbocycles. The van der Waals surface area contributed by atoms with Crippen molar-refractivity contribution in [1.82, 2.24) is 5.32 Å². The van der Waals surface area contributed by atoms with Gasteiger partial charge in [0.15, 0.2) is 0 Å². The molecule has 0 heterocycles. The minimum atomic E-state index is -5.17. The maximum atomic E-state index is 12.2. The van der Waals surface area contributed by atoms with Crippen molar-refractivity contribution in [3.05, 3.63) is 12.7 Å². The van der Waals surface area contributed by atoms with Gasteiger partial charge in [-0.2, -0.15) is 0 Å². The van der Waals surface area contributed by atoms with Crippen LogP contribution in [0.3, 0.4) is 0 Å². The molecule has 0 saturated heterocycles. The molecule has 0 radical (unpaired) electrons. The quantitative estimate of drug-likeness (QED) is 0.0393. The van der Waals surface area contributed by atoms with Gasteiger partial charge < -0.3 is 18.9 Å². The highest BCUT2D eigenvalue weighted by Crippen LogP contribution is 2.14. The summed E-state index contributed by atoms with van der Waals surface area (Å²) in [6.45, 7) is 16.3. The van der Waals surface area contributed by atoms with Gasteiger partial charge in [0.05, 0.1) is 26.2 Å². The Morgan fingerprint density at radius 2 is 1.11 bits per heavy atom. The SMILES string of the molecule is C=CC[N+](CC)(CCCCCC)CCCNC(=O)CCCCCCCCCCCCCCC.O=S(=O)([O-])[O-]. The van der Waals surface area contributed by atoms with E-state index < -0.39 is 10.4 Å². The van der Waals surface area contributed by atoms with E-state index in [1.165, 1.54) is 109 Å². The predicted octanol–water partition coefficient (Wildman–Crippen LogP) is 7.24. The molecule has 38 heavy (non-hydrogen) atoms. The molecule has 0 rings (SSSR count). The maximum absolute atomic E-state index is 12.2. The summed E-state index contributed by atoms with van der Waals surface area (Å²) < 4.78 is 35.2. The van der Waals surface area contributed by atoms with Gasteiger partial charge in [0.25, 0.3) is 0 Å². The second-order valence-electron chi connectivity index (χ2n) is 10.7. The summed E-state index contributed by atoms with van der Waals surface area (Å²) in [4.78, 5) is 12.2. The Bertz CT molecular complexity index is 635. The maximum Gasteiger partial charge on any atom is 0.219 e. The number of rotatable bonds is 26. The Kier molecular flexibility index (Phi) is 28.5. The predicted molar refractivity (Wildman–Crippen MR) is 158 cm³/mol. The first-order valence-corrected chi connectivity index (χ1v) is 16.9. The molecule has 1 atom stereocenters. The topological polar surface area (TPSA) is 109 Å². The lowest BCUT2D eigenvalue weighted by Gasteiger charge is -2.37. The first-order valence-electron chi connectivity index (χ1n) is 15.5. The van der Waals surface area contributed by atoms with Crippen LogP contribution in [0.5, 0.6) is 0 Å². The second-order valence-corrected chi connectivity index (χ2v) is 11.6. The summed E-state index contributed by atoms with van der Waals surface area (Å²) >= 11 is 0. The van der Waals surface area contributed by atoms with E-state index in [2.05, 4.69) is 38.7 Å². The second kappa shape index (κ2) is 27.6. The summed E-state index contributed by atoms with van der Waals surface area (Å²) in [6.07, 6.45) is 26.7. The Hall–Kier alpha value is -0.960. The highest BCUT2D eigenvalue weighted by Gasteiger charge is 2.22. The fraction of sp³-hybridized carbons (Fsp3) is 0.900. The van der Waals surface area contributed by atoms with Crippen molar-refractivity contribution in [2.75, 3.05) is 32.7 Å². The average Bonchev–Trinajstić information content (AvgIpc) is 2.86. The van der Waals surface area contributed by atoms with Crippen LogP contribution >= 0.6 is 0 Å². The third kappa shape index (κ3) is 31.3. The number of nitrogens with one attached hydrogen (secondary N) is 1. The molecule has 0 aliphatic rings. The van der Waals surface area contributed by atoms with Gasteiger partial charge in [0, 0.05) is 29.8 Å². The molecule has 0 aromatic rings. The number of nitrogens with zero attached hydrogens (tertiary/aromatic N) is 1. The third-order valence-corrected chi connectivity index (χ3v) is 7.31. The van der Waals surface area contributed by atoms with Crippen molar-refractivity contribution in [3.8, 4) is 0 Å². The molecule has 1 amide bonds. The molecule has 228 valence electrons. The van der Waals surface area contributed by atoms with Crippen molar-refractivity contribution < 1.29 is 26.8 Å². The highest BCUT2D eigenvalue weighted by molar-refractivity contribution is 7.79. The first-order chi connectivity index (χ1) is 18.1. The van der Waals surface area contributed by atoms with Crippen LogP contribution < -0.4 is 5.32 Å². The van der Waals surface area contributed by atoms with E-state index in [0.29, 0.717) is 6.42 Å². The lowest BCUT2D eigenvalue weighted by molar-refractivity contribution is -0.921. The smallest absolute Gasteiger partial charge is 0.219 e. The van der Waals surface area contributed by atoms with E-state index >= 15 is 0 Å². The third-order valence-electron chi connectivity index (χ3n) is 7.31. The van der Waals surface area contributed by atoms with Gasteiger partial charge in [0.2, 0.25) is 5.91 Å². The standard InChI is InChI=1S/C30H60N2O.H2O4S/c1-5-9-11-13-14-15-16-17-18-19-20-21-22-25-30(33)31-26-24-29-32(8-4,27-7-3)28-23-12-10-6-2;1-5(2,3)4/h7H,3,5-6,8-29H2,1-2,4H3;(H2,1,2,3,4)/p-1. The summed E-state index contributed by atoms with van der Waals surface area (Å²) in [5.41, 5.74) is 0. The van der Waals surface area contributed by atoms with E-state index in [0.717, 1.165) is 43.5 Å². The van der Waals surface area contributed by atoms with Crippen molar-refractivity contribution in [3.63, 3.8) is 0 Å². The van der Waals surface area contributed by atoms with Gasteiger partial charge in [-0.05, 0) is 32.3 Å². The highest BCUT2D eigenvalue weighted by atomic mass is 32.3. The van der Waals surface area contributed by atoms with Crippen LogP contribution in [0.2, 0.25) is 0 Å². The average molecular weight is 562 g/mol. The molecule has 0 aromatic heterocycles. The molecule has 7 nitrogen and oxygen atoms in total. The zero-order valence-corrected chi connectivity index (χ0v) is 26.0. The monoisotopic (exact) mass is 561 g/mol. The zero-order valence-electron chi connectivity index (χ0n) is 25.2. The molecule has 1 N–H and O–H groups in total. The number of unbranched alkanes of at least 4 members (excludes halogenated alkanes) is 15. The van der Waals surface area contributed by atoms with E-state index in [1.807, 2.05) is 0 Å². The van der Waals surface area contributed by atoms with E-state index in [-0.39, 0.29) is 5.91 Å². The van der Waals surface area contributed by atoms with Crippen molar-refractivity contribution >= 4 is 16.3 Å². The molecule has 0 aliphatic carbocycles. The van der Waals surface area contributed by atoms with Gasteiger partial charge >= 0.3 is 0 Å². The van der Waals surface area contributed by atoms with Crippen LogP contribution in [-0.2, 0) is 15.2 Å². The number of carbonyl (C=O) groups excluding carboxylic acids is 1. The number of quaternary nitrogens is 1. The molecule has 8 heteroatoms. The van der Waals surface area contributed by atoms with Gasteiger partial charge in [-0.3, -0.25) is 13.2 Å². The summed E-state index contributed by atoms with van der Waals surface area (Å²) in [7, 11) is -5.17. The summed E-state index contributed by atoms with van der Waals surface area (Å²) in [5, 5.41) is 3.17. The first kappa shape index (κ1) is 39.2. The van der Waals surface area contributed by atoms with Gasteiger partial charge in [0.1, 0.15) is 0 Å². The van der Waals surface area contributed by atoms with Crippen molar-refractivity contribution in [1.29, 1.82) is 0 Å². The Balaban J connectivity index is 0. The van der Waals surface area contributed by atoms with Crippen LogP contribution in [0.4, 0.5) is 0 Å². The summed E-state index contributed by atoms with van der Waals surface area (Å²) in [5.74, 6) is 0.249. The molecule has 0 bridgehead atoms. The molecule has 1 unspecified atom stereocenters. The zero-order chi connectivity index (χ0) is 29.0. The minimum Gasteiger partial charge on any atom is -0.759 e. The fourth-order valence-electron chi connectivity index (χ4n) is 4.92. The van der Waals surface area contributed by atoms with Crippen LogP contribution in [0.1, 0.15) is 143 Å². The number of hydrogen-bond acceptors (Lipinski definition) is 5. The Morgan fingerprint density at radius 1 is 0.711 bits per heavy atom. The molecule has 0 spiro atoms. The van der Waals surface area contributed by atoms with Crippen molar-refractivity contribution in [2.45, 2.75) is 143 Å². The number of amides is 1. The van der Waals surface area contributed by atoms with Crippen LogP contribution in [0.25, 0.3) is 0 Å². The van der Waals surface area contributed by atoms with Gasteiger partial charge in [-0.15, -0.1) is 0 Å². The van der Waals surface area contributed by atoms with Gasteiger partial charge in [-0.25, -0.2) is 0 Å². The molecular weight excluding hydrogens is 500 g/mol. The normalized spacial score (nSPS) is 12.9. The number of likely N-dealkylation sites (N-methyl/N-ethyl adjacent to an activating group) is 1. The molecule has 0 fully saturated rings. The number of carbonyl (C=O) groups is 1. The molecule has 0 aromatic carbocycles. The van der Waals surface area contributed by atoms with Gasteiger partial charge in [-0.1, -0.05) is 110 Å². The molecular formula is C30H61N2O5S-. The summed E-state index contributed by atoms with van der Waals surface area (Å²) in [6, 6.07) is 0. The Morgan fingerprint density at radius 3 is 1.53 bits per heavy atom. The lowest BCUT2D eigenvalue weighted by Crippen LogP contribution is -2.50. The van der Waals surface area contributed by atoms with Crippen LogP contribution in [-0.4, -0.2) is 60.6 Å². The van der Waals surface area contributed by atoms with E-state index in [9.17, 15) is 4.79 Å². The largest absolute Gasteiger partial charge is 0.759 e. The number of hydrogen-bond donors (Lipinski definition) is 1. The van der Waals surface area contributed by atoms with E-state index in [4.69, 9.17) is 17.5 Å². The van der Waals surface area contributed by atoms with Crippen molar-refractivity contribution in [2.24, 2.45) is 0 Å². The lowest BCUT2D eigenvalue weighted by atomic mass is 10.0. The fourth-order valence-corrected chi connectivity index (χ4v) is 4.92. The van der Waals surface area contributed by atoms with Crippen LogP contribution in [0.15, 0.2) is 12.7 Å². The Labute approximate surface area is 236 Å².